The van der Waals surface area contributed by atoms with E-state index in [-0.39, 0.29) is 5.91 Å². The Balaban J connectivity index is 1.30. The summed E-state index contributed by atoms with van der Waals surface area (Å²) in [5.74, 6) is 0.593. The number of carbonyl (C=O) groups excluding carboxylic acids is 1. The summed E-state index contributed by atoms with van der Waals surface area (Å²) in [6.07, 6.45) is 2.66. The van der Waals surface area contributed by atoms with Crippen LogP contribution in [0.1, 0.15) is 34.0 Å². The average molecular weight is 432 g/mol. The van der Waals surface area contributed by atoms with Crippen LogP contribution in [0.25, 0.3) is 10.2 Å². The third-order valence-electron chi connectivity index (χ3n) is 4.62. The van der Waals surface area contributed by atoms with Crippen molar-refractivity contribution in [2.45, 2.75) is 23.4 Å². The number of aryl methyl sites for hydroxylation is 1. The SMILES string of the molecule is CCc1ccc(C=NNC(=O)c2ccc(CSc3nc4ccccc4s3)cc2)cc1. The van der Waals surface area contributed by atoms with E-state index in [1.807, 2.05) is 54.6 Å². The zero-order valence-corrected chi connectivity index (χ0v) is 18.2. The summed E-state index contributed by atoms with van der Waals surface area (Å²) in [5.41, 5.74) is 7.59. The number of rotatable bonds is 7. The first kappa shape index (κ1) is 20.3. The molecule has 150 valence electrons. The van der Waals surface area contributed by atoms with Crippen molar-refractivity contribution in [2.24, 2.45) is 5.10 Å². The number of hydrogen-bond donors (Lipinski definition) is 1. The van der Waals surface area contributed by atoms with E-state index in [0.717, 1.165) is 33.2 Å². The first-order valence-corrected chi connectivity index (χ1v) is 11.5. The first-order chi connectivity index (χ1) is 14.7. The largest absolute Gasteiger partial charge is 0.271 e. The fourth-order valence-corrected chi connectivity index (χ4v) is 4.90. The lowest BCUT2D eigenvalue weighted by Crippen LogP contribution is -2.17. The van der Waals surface area contributed by atoms with Gasteiger partial charge in [-0.3, -0.25) is 4.79 Å². The normalized spacial score (nSPS) is 11.2. The Labute approximate surface area is 184 Å². The highest BCUT2D eigenvalue weighted by Crippen LogP contribution is 2.31. The number of hydrogen-bond acceptors (Lipinski definition) is 5. The minimum atomic E-state index is -0.221. The highest BCUT2D eigenvalue weighted by atomic mass is 32.2. The van der Waals surface area contributed by atoms with E-state index in [1.165, 1.54) is 10.3 Å². The molecule has 0 saturated carbocycles. The van der Waals surface area contributed by atoms with Crippen LogP contribution < -0.4 is 5.43 Å². The van der Waals surface area contributed by atoms with E-state index in [2.05, 4.69) is 40.6 Å². The number of carbonyl (C=O) groups is 1. The molecule has 4 aromatic rings. The topological polar surface area (TPSA) is 54.4 Å². The van der Waals surface area contributed by atoms with E-state index < -0.39 is 0 Å². The Hall–Kier alpha value is -2.96. The van der Waals surface area contributed by atoms with Crippen LogP contribution in [-0.4, -0.2) is 17.1 Å². The van der Waals surface area contributed by atoms with E-state index in [1.54, 1.807) is 29.3 Å². The number of benzene rings is 3. The third kappa shape index (κ3) is 5.14. The Morgan fingerprint density at radius 2 is 1.77 bits per heavy atom. The number of aromatic nitrogens is 1. The molecular formula is C24H21N3OS2. The molecule has 6 heteroatoms. The van der Waals surface area contributed by atoms with Gasteiger partial charge in [0.2, 0.25) is 0 Å². The lowest BCUT2D eigenvalue weighted by Gasteiger charge is -2.03. The Morgan fingerprint density at radius 1 is 1.03 bits per heavy atom. The second kappa shape index (κ2) is 9.69. The molecule has 0 radical (unpaired) electrons. The highest BCUT2D eigenvalue weighted by molar-refractivity contribution is 8.00. The molecule has 0 aliphatic heterocycles. The fourth-order valence-electron chi connectivity index (χ4n) is 2.88. The Bertz CT molecular complexity index is 1130. The Morgan fingerprint density at radius 3 is 2.50 bits per heavy atom. The fraction of sp³-hybridized carbons (Fsp3) is 0.125. The zero-order valence-electron chi connectivity index (χ0n) is 16.5. The predicted octanol–water partition coefficient (Wildman–Crippen LogP) is 5.91. The summed E-state index contributed by atoms with van der Waals surface area (Å²) >= 11 is 3.42. The van der Waals surface area contributed by atoms with E-state index in [9.17, 15) is 4.79 Å². The number of fused-ring (bicyclic) bond motifs is 1. The maximum Gasteiger partial charge on any atom is 0.271 e. The minimum Gasteiger partial charge on any atom is -0.267 e. The number of nitrogens with one attached hydrogen (secondary N) is 1. The van der Waals surface area contributed by atoms with Crippen LogP contribution >= 0.6 is 23.1 Å². The van der Waals surface area contributed by atoms with Gasteiger partial charge in [0, 0.05) is 11.3 Å². The van der Waals surface area contributed by atoms with Gasteiger partial charge in [0.25, 0.3) is 5.91 Å². The van der Waals surface area contributed by atoms with Crippen LogP contribution in [0.3, 0.4) is 0 Å². The van der Waals surface area contributed by atoms with Crippen LogP contribution in [-0.2, 0) is 12.2 Å². The number of amides is 1. The highest BCUT2D eigenvalue weighted by Gasteiger charge is 2.06. The summed E-state index contributed by atoms with van der Waals surface area (Å²) in [6.45, 7) is 2.12. The van der Waals surface area contributed by atoms with Crippen molar-refractivity contribution in [3.05, 3.63) is 95.1 Å². The summed E-state index contributed by atoms with van der Waals surface area (Å²) in [4.78, 5) is 16.9. The molecule has 1 N–H and O–H groups in total. The molecule has 0 aliphatic rings. The molecule has 1 aromatic heterocycles. The molecule has 0 aliphatic carbocycles. The number of para-hydroxylation sites is 1. The average Bonchev–Trinajstić information content (AvgIpc) is 3.21. The number of nitrogens with zero attached hydrogens (tertiary/aromatic N) is 2. The lowest BCUT2D eigenvalue weighted by molar-refractivity contribution is 0.0955. The molecule has 0 unspecified atom stereocenters. The van der Waals surface area contributed by atoms with Crippen LogP contribution in [0.15, 0.2) is 82.2 Å². The maximum atomic E-state index is 12.3. The monoisotopic (exact) mass is 431 g/mol. The third-order valence-corrected chi connectivity index (χ3v) is 6.87. The van der Waals surface area contributed by atoms with Gasteiger partial charge in [-0.25, -0.2) is 10.4 Å². The molecule has 3 aromatic carbocycles. The maximum absolute atomic E-state index is 12.3. The van der Waals surface area contributed by atoms with E-state index in [4.69, 9.17) is 0 Å². The molecule has 0 atom stereocenters. The van der Waals surface area contributed by atoms with Gasteiger partial charge in [-0.15, -0.1) is 11.3 Å². The summed E-state index contributed by atoms with van der Waals surface area (Å²) < 4.78 is 2.26. The van der Waals surface area contributed by atoms with Gasteiger partial charge in [-0.05, 0) is 47.4 Å². The van der Waals surface area contributed by atoms with Gasteiger partial charge in [0.15, 0.2) is 4.34 Å². The van der Waals surface area contributed by atoms with Crippen LogP contribution in [0, 0.1) is 0 Å². The van der Waals surface area contributed by atoms with Gasteiger partial charge >= 0.3 is 0 Å². The van der Waals surface area contributed by atoms with Crippen molar-refractivity contribution in [3.63, 3.8) is 0 Å². The number of thioether (sulfide) groups is 1. The second-order valence-electron chi connectivity index (χ2n) is 6.73. The van der Waals surface area contributed by atoms with Gasteiger partial charge in [0.1, 0.15) is 0 Å². The van der Waals surface area contributed by atoms with Crippen LogP contribution in [0.2, 0.25) is 0 Å². The molecule has 1 amide bonds. The van der Waals surface area contributed by atoms with Crippen molar-refractivity contribution >= 4 is 45.4 Å². The molecule has 1 heterocycles. The van der Waals surface area contributed by atoms with E-state index >= 15 is 0 Å². The quantitative estimate of drug-likeness (QED) is 0.225. The summed E-state index contributed by atoms with van der Waals surface area (Å²) in [6, 6.07) is 23.9. The smallest absolute Gasteiger partial charge is 0.267 e. The molecule has 0 saturated heterocycles. The van der Waals surface area contributed by atoms with Crippen molar-refractivity contribution < 1.29 is 4.79 Å². The first-order valence-electron chi connectivity index (χ1n) is 9.71. The van der Waals surface area contributed by atoms with Gasteiger partial charge in [-0.2, -0.15) is 5.10 Å². The minimum absolute atomic E-state index is 0.221. The zero-order chi connectivity index (χ0) is 20.8. The summed E-state index contributed by atoms with van der Waals surface area (Å²) in [5, 5.41) is 4.06. The standard InChI is InChI=1S/C24H21N3OS2/c1-2-17-7-9-18(10-8-17)15-25-27-23(28)20-13-11-19(12-14-20)16-29-24-26-21-5-3-4-6-22(21)30-24/h3-15H,2,16H2,1H3,(H,27,28). The predicted molar refractivity (Wildman–Crippen MR) is 127 cm³/mol. The molecule has 0 fully saturated rings. The Kier molecular flexibility index (Phi) is 6.57. The number of hydrazone groups is 1. The van der Waals surface area contributed by atoms with Crippen molar-refractivity contribution in [1.29, 1.82) is 0 Å². The van der Waals surface area contributed by atoms with Crippen molar-refractivity contribution in [2.75, 3.05) is 0 Å². The van der Waals surface area contributed by atoms with Gasteiger partial charge in [-0.1, -0.05) is 67.2 Å². The molecule has 30 heavy (non-hydrogen) atoms. The van der Waals surface area contributed by atoms with Gasteiger partial charge in [0.05, 0.1) is 16.4 Å². The second-order valence-corrected chi connectivity index (χ2v) is 8.98. The van der Waals surface area contributed by atoms with E-state index in [0.29, 0.717) is 5.56 Å². The molecule has 0 spiro atoms. The molecule has 4 rings (SSSR count). The summed E-state index contributed by atoms with van der Waals surface area (Å²) in [7, 11) is 0. The lowest BCUT2D eigenvalue weighted by atomic mass is 10.1. The van der Waals surface area contributed by atoms with Crippen molar-refractivity contribution in [3.8, 4) is 0 Å². The molecule has 0 bridgehead atoms. The van der Waals surface area contributed by atoms with Crippen LogP contribution in [0.4, 0.5) is 0 Å². The molecular weight excluding hydrogens is 410 g/mol. The molecule has 4 nitrogen and oxygen atoms in total. The number of thiazole rings is 1. The van der Waals surface area contributed by atoms with Crippen LogP contribution in [0.5, 0.6) is 0 Å². The van der Waals surface area contributed by atoms with Crippen molar-refractivity contribution in [1.82, 2.24) is 10.4 Å². The van der Waals surface area contributed by atoms with Gasteiger partial charge < -0.3 is 0 Å².